The minimum Gasteiger partial charge on any atom is -0.356 e. The highest BCUT2D eigenvalue weighted by atomic mass is 127. The maximum Gasteiger partial charge on any atom is 0.191 e. The molecule has 0 amide bonds. The summed E-state index contributed by atoms with van der Waals surface area (Å²) in [6, 6.07) is 6.63. The van der Waals surface area contributed by atoms with Crippen molar-refractivity contribution in [3.63, 3.8) is 0 Å². The van der Waals surface area contributed by atoms with Crippen LogP contribution < -0.4 is 10.6 Å². The van der Waals surface area contributed by atoms with Gasteiger partial charge in [-0.05, 0) is 30.2 Å². The van der Waals surface area contributed by atoms with Gasteiger partial charge in [0.1, 0.15) is 11.0 Å². The summed E-state index contributed by atoms with van der Waals surface area (Å²) in [4.78, 5) is 12.1. The van der Waals surface area contributed by atoms with Gasteiger partial charge in [0.15, 0.2) is 5.96 Å². The van der Waals surface area contributed by atoms with Gasteiger partial charge in [0.25, 0.3) is 0 Å². The normalized spacial score (nSPS) is 10.8. The average Bonchev–Trinajstić information content (AvgIpc) is 2.54. The topological polar surface area (TPSA) is 62.2 Å². The van der Waals surface area contributed by atoms with E-state index in [0.717, 1.165) is 12.0 Å². The number of nitrogens with one attached hydrogen (secondary N) is 2. The van der Waals surface area contributed by atoms with Crippen molar-refractivity contribution in [3.8, 4) is 0 Å². The number of hydrogen-bond donors (Lipinski definition) is 2. The van der Waals surface area contributed by atoms with E-state index in [1.807, 2.05) is 6.07 Å². The lowest BCUT2D eigenvalue weighted by molar-refractivity contribution is 0.592. The fraction of sp³-hybridized carbons (Fsp3) is 0.267. The van der Waals surface area contributed by atoms with Gasteiger partial charge in [0.05, 0.1) is 12.2 Å². The van der Waals surface area contributed by atoms with Crippen molar-refractivity contribution in [2.24, 2.45) is 4.99 Å². The molecule has 0 bridgehead atoms. The summed E-state index contributed by atoms with van der Waals surface area (Å²) in [5.74, 6) is 0.254. The van der Waals surface area contributed by atoms with E-state index in [0.29, 0.717) is 23.4 Å². The fourth-order valence-corrected chi connectivity index (χ4v) is 1.93. The lowest BCUT2D eigenvalue weighted by Crippen LogP contribution is -2.38. The first-order valence-electron chi connectivity index (χ1n) is 6.83. The molecule has 8 heteroatoms. The Hall–Kier alpha value is -1.48. The number of guanidine groups is 1. The van der Waals surface area contributed by atoms with Crippen molar-refractivity contribution < 1.29 is 4.39 Å². The van der Waals surface area contributed by atoms with Crippen LogP contribution in [0.3, 0.4) is 0 Å². The van der Waals surface area contributed by atoms with Crippen LogP contribution in [0, 0.1) is 5.82 Å². The van der Waals surface area contributed by atoms with Gasteiger partial charge in [-0.25, -0.2) is 9.37 Å². The Kier molecular flexibility index (Phi) is 8.78. The van der Waals surface area contributed by atoms with E-state index in [1.165, 1.54) is 6.07 Å². The summed E-state index contributed by atoms with van der Waals surface area (Å²) in [5.41, 5.74) is 1.43. The molecule has 124 valence electrons. The number of aliphatic imine (C=N–C) groups is 1. The number of pyridine rings is 2. The molecule has 2 N–H and O–H groups in total. The zero-order valence-electron chi connectivity index (χ0n) is 12.6. The van der Waals surface area contributed by atoms with Gasteiger partial charge in [-0.3, -0.25) is 9.98 Å². The van der Waals surface area contributed by atoms with Crippen molar-refractivity contribution in [2.45, 2.75) is 13.0 Å². The maximum absolute atomic E-state index is 13.5. The van der Waals surface area contributed by atoms with Crippen LogP contribution in [0.1, 0.15) is 11.3 Å². The minimum absolute atomic E-state index is 0. The smallest absolute Gasteiger partial charge is 0.191 e. The van der Waals surface area contributed by atoms with Crippen LogP contribution >= 0.6 is 35.6 Å². The third kappa shape index (κ3) is 6.66. The predicted octanol–water partition coefficient (Wildman–Crippen LogP) is 2.79. The van der Waals surface area contributed by atoms with Crippen LogP contribution in [0.15, 0.2) is 41.7 Å². The average molecular weight is 450 g/mol. The second-order valence-electron chi connectivity index (χ2n) is 4.52. The fourth-order valence-electron chi connectivity index (χ4n) is 1.82. The third-order valence-electron chi connectivity index (χ3n) is 2.98. The Labute approximate surface area is 156 Å². The molecule has 0 aliphatic heterocycles. The zero-order valence-corrected chi connectivity index (χ0v) is 15.7. The molecule has 0 atom stereocenters. The van der Waals surface area contributed by atoms with Gasteiger partial charge < -0.3 is 10.6 Å². The molecule has 5 nitrogen and oxygen atoms in total. The summed E-state index contributed by atoms with van der Waals surface area (Å²) < 4.78 is 13.5. The number of aromatic nitrogens is 2. The first-order valence-corrected chi connectivity index (χ1v) is 7.21. The summed E-state index contributed by atoms with van der Waals surface area (Å²) in [6.07, 6.45) is 4.08. The Bertz CT molecular complexity index is 636. The van der Waals surface area contributed by atoms with E-state index < -0.39 is 0 Å². The second-order valence-corrected chi connectivity index (χ2v) is 4.91. The molecular weight excluding hydrogens is 432 g/mol. The van der Waals surface area contributed by atoms with Crippen molar-refractivity contribution in [3.05, 3.63) is 58.9 Å². The predicted molar refractivity (Wildman–Crippen MR) is 101 cm³/mol. The molecule has 2 aromatic rings. The van der Waals surface area contributed by atoms with Crippen molar-refractivity contribution in [1.82, 2.24) is 20.6 Å². The van der Waals surface area contributed by atoms with Crippen LogP contribution in [-0.4, -0.2) is 29.5 Å². The van der Waals surface area contributed by atoms with Gasteiger partial charge in [-0.2, -0.15) is 0 Å². The number of halogens is 3. The monoisotopic (exact) mass is 449 g/mol. The Morgan fingerprint density at radius 1 is 1.26 bits per heavy atom. The van der Waals surface area contributed by atoms with E-state index in [4.69, 9.17) is 11.6 Å². The Morgan fingerprint density at radius 2 is 2.09 bits per heavy atom. The maximum atomic E-state index is 13.5. The van der Waals surface area contributed by atoms with Crippen molar-refractivity contribution >= 4 is 41.5 Å². The molecule has 0 radical (unpaired) electrons. The Balaban J connectivity index is 0.00000264. The molecule has 0 unspecified atom stereocenters. The molecule has 0 saturated carbocycles. The standard InChI is InChI=1S/C15H17ClFN5.HI/c1-18-15(22-10-13-12(17)3-2-7-19-13)20-8-6-11-4-5-14(16)21-9-11;/h2-5,7,9H,6,8,10H2,1H3,(H2,18,20,22);1H. The minimum atomic E-state index is -0.335. The Morgan fingerprint density at radius 3 is 2.74 bits per heavy atom. The van der Waals surface area contributed by atoms with Crippen molar-refractivity contribution in [1.29, 1.82) is 0 Å². The second kappa shape index (κ2) is 10.3. The summed E-state index contributed by atoms with van der Waals surface area (Å²) in [5, 5.41) is 6.65. The van der Waals surface area contributed by atoms with Gasteiger partial charge >= 0.3 is 0 Å². The number of rotatable bonds is 5. The molecule has 0 aliphatic carbocycles. The van der Waals surface area contributed by atoms with E-state index in [-0.39, 0.29) is 36.3 Å². The molecule has 0 aliphatic rings. The quantitative estimate of drug-likeness (QED) is 0.319. The van der Waals surface area contributed by atoms with Gasteiger partial charge in [0.2, 0.25) is 0 Å². The summed E-state index contributed by atoms with van der Waals surface area (Å²) >= 11 is 5.74. The highest BCUT2D eigenvalue weighted by molar-refractivity contribution is 14.0. The molecule has 2 rings (SSSR count). The van der Waals surface area contributed by atoms with E-state index in [2.05, 4.69) is 25.6 Å². The molecular formula is C15H18ClFIN5. The summed E-state index contributed by atoms with van der Waals surface area (Å²) in [7, 11) is 1.66. The lowest BCUT2D eigenvalue weighted by Gasteiger charge is -2.11. The van der Waals surface area contributed by atoms with Gasteiger partial charge in [-0.1, -0.05) is 17.7 Å². The van der Waals surface area contributed by atoms with Crippen LogP contribution in [-0.2, 0) is 13.0 Å². The lowest BCUT2D eigenvalue weighted by atomic mass is 10.2. The molecule has 23 heavy (non-hydrogen) atoms. The highest BCUT2D eigenvalue weighted by Gasteiger charge is 2.04. The molecule has 0 fully saturated rings. The van der Waals surface area contributed by atoms with E-state index in [1.54, 1.807) is 31.6 Å². The first kappa shape index (κ1) is 19.6. The molecule has 2 heterocycles. The van der Waals surface area contributed by atoms with Crippen molar-refractivity contribution in [2.75, 3.05) is 13.6 Å². The SMILES string of the molecule is CN=C(NCCc1ccc(Cl)nc1)NCc1ncccc1F.I. The van der Waals surface area contributed by atoms with Gasteiger partial charge in [-0.15, -0.1) is 24.0 Å². The van der Waals surface area contributed by atoms with E-state index >= 15 is 0 Å². The van der Waals surface area contributed by atoms with Crippen LogP contribution in [0.4, 0.5) is 4.39 Å². The zero-order chi connectivity index (χ0) is 15.8. The molecule has 0 spiro atoms. The van der Waals surface area contributed by atoms with E-state index in [9.17, 15) is 4.39 Å². The van der Waals surface area contributed by atoms with Crippen LogP contribution in [0.2, 0.25) is 5.15 Å². The largest absolute Gasteiger partial charge is 0.356 e. The highest BCUT2D eigenvalue weighted by Crippen LogP contribution is 2.05. The third-order valence-corrected chi connectivity index (χ3v) is 3.20. The molecule has 2 aromatic heterocycles. The number of nitrogens with zero attached hydrogens (tertiary/aromatic N) is 3. The number of hydrogen-bond acceptors (Lipinski definition) is 3. The summed E-state index contributed by atoms with van der Waals surface area (Å²) in [6.45, 7) is 0.947. The molecule has 0 aromatic carbocycles. The van der Waals surface area contributed by atoms with Gasteiger partial charge in [0, 0.05) is 26.0 Å². The van der Waals surface area contributed by atoms with Crippen LogP contribution in [0.5, 0.6) is 0 Å². The molecule has 0 saturated heterocycles. The first-order chi connectivity index (χ1) is 10.7. The van der Waals surface area contributed by atoms with Crippen LogP contribution in [0.25, 0.3) is 0 Å².